The van der Waals surface area contributed by atoms with Gasteiger partial charge in [-0.15, -0.1) is 8.78 Å². The highest BCUT2D eigenvalue weighted by Crippen LogP contribution is 2.42. The molecule has 2 aromatic rings. The smallest absolute Gasteiger partial charge is 0.493 e. The summed E-state index contributed by atoms with van der Waals surface area (Å²) in [4.78, 5) is 24.1. The number of esters is 1. The number of benzene rings is 2. The average Bonchev–Trinajstić information content (AvgIpc) is 2.93. The van der Waals surface area contributed by atoms with Gasteiger partial charge < -0.3 is 24.3 Å². The maximum absolute atomic E-state index is 13.0. The van der Waals surface area contributed by atoms with E-state index in [2.05, 4.69) is 14.8 Å². The lowest BCUT2D eigenvalue weighted by molar-refractivity contribution is -0.286. The number of carbonyl (C=O) groups is 2. The van der Waals surface area contributed by atoms with E-state index in [-0.39, 0.29) is 22.7 Å². The second-order valence-corrected chi connectivity index (χ2v) is 5.38. The Bertz CT molecular complexity index is 871. The zero-order valence-electron chi connectivity index (χ0n) is 14.2. The van der Waals surface area contributed by atoms with Crippen LogP contribution in [0.1, 0.15) is 17.3 Å². The molecule has 0 aliphatic carbocycles. The fraction of sp³-hybridized carbons (Fsp3) is 0.222. The van der Waals surface area contributed by atoms with Gasteiger partial charge in [0.25, 0.3) is 5.91 Å². The maximum Gasteiger partial charge on any atom is 0.586 e. The van der Waals surface area contributed by atoms with E-state index < -0.39 is 24.8 Å². The third-order valence-corrected chi connectivity index (χ3v) is 3.43. The number of amides is 1. The van der Waals surface area contributed by atoms with Gasteiger partial charge in [-0.2, -0.15) is 0 Å². The molecule has 1 amide bonds. The Balaban J connectivity index is 1.57. The number of hydrogen-bond donors (Lipinski definition) is 1. The summed E-state index contributed by atoms with van der Waals surface area (Å²) in [6.45, 7) is 1.58. The molecule has 2 aromatic carbocycles. The van der Waals surface area contributed by atoms with Crippen LogP contribution >= 0.6 is 0 Å². The second-order valence-electron chi connectivity index (χ2n) is 5.38. The van der Waals surface area contributed by atoms with E-state index in [4.69, 9.17) is 9.47 Å². The Morgan fingerprint density at radius 3 is 2.63 bits per heavy atom. The van der Waals surface area contributed by atoms with Crippen molar-refractivity contribution in [2.24, 2.45) is 0 Å². The van der Waals surface area contributed by atoms with Gasteiger partial charge in [0.15, 0.2) is 18.1 Å². The molecule has 0 unspecified atom stereocenters. The van der Waals surface area contributed by atoms with E-state index in [0.717, 1.165) is 0 Å². The first kappa shape index (κ1) is 18.4. The molecule has 7 nitrogen and oxygen atoms in total. The Morgan fingerprint density at radius 2 is 1.85 bits per heavy atom. The molecule has 0 aromatic heterocycles. The molecular formula is C18H15F2NO6. The predicted octanol–water partition coefficient (Wildman–Crippen LogP) is 3.20. The fourth-order valence-corrected chi connectivity index (χ4v) is 2.35. The third kappa shape index (κ3) is 4.43. The minimum Gasteiger partial charge on any atom is -0.493 e. The molecule has 0 bridgehead atoms. The van der Waals surface area contributed by atoms with E-state index in [1.54, 1.807) is 25.1 Å². The lowest BCUT2D eigenvalue weighted by atomic mass is 10.2. The summed E-state index contributed by atoms with van der Waals surface area (Å²) in [5.41, 5.74) is 0.378. The van der Waals surface area contributed by atoms with Gasteiger partial charge in [0.2, 0.25) is 0 Å². The van der Waals surface area contributed by atoms with Crippen LogP contribution in [-0.2, 0) is 9.53 Å². The fourth-order valence-electron chi connectivity index (χ4n) is 2.35. The van der Waals surface area contributed by atoms with Gasteiger partial charge in [-0.1, -0.05) is 12.1 Å². The van der Waals surface area contributed by atoms with Crippen molar-refractivity contribution in [1.82, 2.24) is 0 Å². The molecule has 1 aliphatic heterocycles. The largest absolute Gasteiger partial charge is 0.586 e. The second kappa shape index (κ2) is 7.48. The van der Waals surface area contributed by atoms with Crippen LogP contribution in [0.4, 0.5) is 14.5 Å². The van der Waals surface area contributed by atoms with Crippen LogP contribution in [0.15, 0.2) is 42.5 Å². The normalized spacial score (nSPS) is 13.7. The topological polar surface area (TPSA) is 83.1 Å². The number of anilines is 1. The SMILES string of the molecule is CCOc1ccccc1C(=O)OCC(=O)Nc1ccc2c(c1)OC(F)(F)O2. The van der Waals surface area contributed by atoms with Gasteiger partial charge in [0.1, 0.15) is 11.3 Å². The van der Waals surface area contributed by atoms with Crippen LogP contribution < -0.4 is 19.5 Å². The zero-order valence-corrected chi connectivity index (χ0v) is 14.2. The van der Waals surface area contributed by atoms with Crippen LogP contribution in [0.3, 0.4) is 0 Å². The first-order valence-electron chi connectivity index (χ1n) is 7.96. The molecule has 0 saturated carbocycles. The van der Waals surface area contributed by atoms with Gasteiger partial charge in [-0.3, -0.25) is 4.79 Å². The Hall–Kier alpha value is -3.36. The highest BCUT2D eigenvalue weighted by atomic mass is 19.3. The van der Waals surface area contributed by atoms with Crippen molar-refractivity contribution < 1.29 is 37.3 Å². The highest BCUT2D eigenvalue weighted by Gasteiger charge is 2.43. The molecule has 3 rings (SSSR count). The van der Waals surface area contributed by atoms with Crippen LogP contribution in [-0.4, -0.2) is 31.4 Å². The minimum absolute atomic E-state index is 0.142. The number of ether oxygens (including phenoxy) is 4. The summed E-state index contributed by atoms with van der Waals surface area (Å²) in [5, 5.41) is 2.42. The molecule has 1 N–H and O–H groups in total. The lowest BCUT2D eigenvalue weighted by Crippen LogP contribution is -2.25. The molecule has 1 heterocycles. The van der Waals surface area contributed by atoms with Crippen molar-refractivity contribution in [1.29, 1.82) is 0 Å². The number of fused-ring (bicyclic) bond motifs is 1. The van der Waals surface area contributed by atoms with Crippen molar-refractivity contribution in [3.8, 4) is 17.2 Å². The summed E-state index contributed by atoms with van der Waals surface area (Å²) >= 11 is 0. The zero-order chi connectivity index (χ0) is 19.4. The molecule has 0 spiro atoms. The van der Waals surface area contributed by atoms with Crippen LogP contribution in [0.2, 0.25) is 0 Å². The van der Waals surface area contributed by atoms with Crippen LogP contribution in [0, 0.1) is 0 Å². The number of rotatable bonds is 6. The summed E-state index contributed by atoms with van der Waals surface area (Å²) in [6.07, 6.45) is -3.74. The Kier molecular flexibility index (Phi) is 5.11. The number of para-hydroxylation sites is 1. The maximum atomic E-state index is 13.0. The van der Waals surface area contributed by atoms with E-state index in [1.165, 1.54) is 24.3 Å². The quantitative estimate of drug-likeness (QED) is 0.776. The lowest BCUT2D eigenvalue weighted by Gasteiger charge is -2.10. The van der Waals surface area contributed by atoms with Gasteiger partial charge in [0, 0.05) is 11.8 Å². The Morgan fingerprint density at radius 1 is 1.11 bits per heavy atom. The molecule has 142 valence electrons. The predicted molar refractivity (Wildman–Crippen MR) is 89.2 cm³/mol. The summed E-state index contributed by atoms with van der Waals surface area (Å²) in [7, 11) is 0. The molecule has 0 radical (unpaired) electrons. The van der Waals surface area contributed by atoms with Crippen molar-refractivity contribution in [2.75, 3.05) is 18.5 Å². The van der Waals surface area contributed by atoms with Gasteiger partial charge in [-0.05, 0) is 31.2 Å². The van der Waals surface area contributed by atoms with E-state index in [0.29, 0.717) is 12.4 Å². The standard InChI is InChI=1S/C18H15F2NO6/c1-2-24-13-6-4-3-5-12(13)17(23)25-10-16(22)21-11-7-8-14-15(9-11)27-18(19,20)26-14/h3-9H,2,10H2,1H3,(H,21,22). The first-order valence-corrected chi connectivity index (χ1v) is 7.96. The molecule has 27 heavy (non-hydrogen) atoms. The number of alkyl halides is 2. The molecule has 0 atom stereocenters. The monoisotopic (exact) mass is 379 g/mol. The van der Waals surface area contributed by atoms with Crippen molar-refractivity contribution in [3.63, 3.8) is 0 Å². The number of hydrogen-bond acceptors (Lipinski definition) is 6. The van der Waals surface area contributed by atoms with Gasteiger partial charge in [-0.25, -0.2) is 4.79 Å². The average molecular weight is 379 g/mol. The Labute approximate surface area is 152 Å². The molecular weight excluding hydrogens is 364 g/mol. The van der Waals surface area contributed by atoms with Crippen LogP contribution in [0.25, 0.3) is 0 Å². The molecule has 0 fully saturated rings. The summed E-state index contributed by atoms with van der Waals surface area (Å²) in [6, 6.07) is 10.2. The highest BCUT2D eigenvalue weighted by molar-refractivity contribution is 5.96. The van der Waals surface area contributed by atoms with E-state index >= 15 is 0 Å². The number of nitrogens with one attached hydrogen (secondary N) is 1. The minimum atomic E-state index is -3.74. The van der Waals surface area contributed by atoms with Crippen molar-refractivity contribution in [3.05, 3.63) is 48.0 Å². The molecule has 0 saturated heterocycles. The number of halogens is 2. The van der Waals surface area contributed by atoms with E-state index in [1.807, 2.05) is 0 Å². The van der Waals surface area contributed by atoms with Crippen molar-refractivity contribution >= 4 is 17.6 Å². The first-order chi connectivity index (χ1) is 12.9. The van der Waals surface area contributed by atoms with Crippen molar-refractivity contribution in [2.45, 2.75) is 13.2 Å². The molecule has 1 aliphatic rings. The third-order valence-electron chi connectivity index (χ3n) is 3.43. The van der Waals surface area contributed by atoms with E-state index in [9.17, 15) is 18.4 Å². The molecule has 9 heteroatoms. The van der Waals surface area contributed by atoms with Gasteiger partial charge >= 0.3 is 12.3 Å². The summed E-state index contributed by atoms with van der Waals surface area (Å²) < 4.78 is 44.8. The summed E-state index contributed by atoms with van der Waals surface area (Å²) in [5.74, 6) is -1.37. The van der Waals surface area contributed by atoms with Crippen LogP contribution in [0.5, 0.6) is 17.2 Å². The number of carbonyl (C=O) groups excluding carboxylic acids is 2. The van der Waals surface area contributed by atoms with Gasteiger partial charge in [0.05, 0.1) is 6.61 Å².